The molecule has 0 aromatic carbocycles. The number of aliphatic hydroxyl groups excluding tert-OH is 1. The highest BCUT2D eigenvalue weighted by Crippen LogP contribution is 2.45. The maximum atomic E-state index is 13.1. The van der Waals surface area contributed by atoms with Crippen molar-refractivity contribution < 1.29 is 80.2 Å². The molecule has 0 heterocycles. The number of phosphoric ester groups is 2. The van der Waals surface area contributed by atoms with Crippen LogP contribution in [-0.4, -0.2) is 96.7 Å². The number of allylic oxidation sites excluding steroid dienone is 30. The van der Waals surface area contributed by atoms with Gasteiger partial charge in [-0.1, -0.05) is 300 Å². The lowest BCUT2D eigenvalue weighted by Crippen LogP contribution is -2.30. The van der Waals surface area contributed by atoms with E-state index in [0.29, 0.717) is 32.1 Å². The zero-order valence-electron chi connectivity index (χ0n) is 66.9. The second kappa shape index (κ2) is 79.3. The van der Waals surface area contributed by atoms with E-state index >= 15 is 0 Å². The molecule has 3 N–H and O–H groups in total. The fourth-order valence-corrected chi connectivity index (χ4v) is 11.8. The first-order valence-corrected chi connectivity index (χ1v) is 44.0. The van der Waals surface area contributed by atoms with Crippen LogP contribution >= 0.6 is 15.6 Å². The highest BCUT2D eigenvalue weighted by Gasteiger charge is 2.30. The van der Waals surface area contributed by atoms with Crippen LogP contribution in [0.2, 0.25) is 0 Å². The summed E-state index contributed by atoms with van der Waals surface area (Å²) in [5.74, 6) is -2.33. The van der Waals surface area contributed by atoms with E-state index in [1.807, 2.05) is 12.2 Å². The number of esters is 4. The molecule has 0 spiro atoms. The summed E-state index contributed by atoms with van der Waals surface area (Å²) in [5, 5.41) is 10.7. The number of carbonyl (C=O) groups is 4. The summed E-state index contributed by atoms with van der Waals surface area (Å²) < 4.78 is 68.6. The highest BCUT2D eigenvalue weighted by molar-refractivity contribution is 7.47. The van der Waals surface area contributed by atoms with E-state index in [1.54, 1.807) is 0 Å². The lowest BCUT2D eigenvalue weighted by atomic mass is 10.0. The van der Waals surface area contributed by atoms with Crippen molar-refractivity contribution in [3.8, 4) is 0 Å². The van der Waals surface area contributed by atoms with Gasteiger partial charge in [0.15, 0.2) is 12.2 Å². The van der Waals surface area contributed by atoms with Crippen molar-refractivity contribution in [3.63, 3.8) is 0 Å². The van der Waals surface area contributed by atoms with Crippen LogP contribution < -0.4 is 0 Å². The fourth-order valence-electron chi connectivity index (χ4n) is 10.2. The van der Waals surface area contributed by atoms with Crippen LogP contribution in [0.1, 0.15) is 297 Å². The third-order valence-electron chi connectivity index (χ3n) is 16.4. The average Bonchev–Trinajstić information content (AvgIpc) is 0.886. The Bertz CT molecular complexity index is 2760. The summed E-state index contributed by atoms with van der Waals surface area (Å²) in [6.45, 7) is 4.39. The van der Waals surface area contributed by atoms with Gasteiger partial charge in [-0.2, -0.15) is 0 Å². The van der Waals surface area contributed by atoms with E-state index in [2.05, 4.69) is 198 Å². The number of carbonyl (C=O) groups excluding carboxylic acids is 4. The van der Waals surface area contributed by atoms with Gasteiger partial charge in [-0.05, 0) is 154 Å². The molecule has 0 aromatic heterocycles. The smallest absolute Gasteiger partial charge is 0.462 e. The third kappa shape index (κ3) is 78.3. The molecule has 5 unspecified atom stereocenters. The summed E-state index contributed by atoms with van der Waals surface area (Å²) in [4.78, 5) is 73.1. The molecule has 0 fully saturated rings. The fraction of sp³-hybridized carbons (Fsp3) is 0.618. The molecule has 0 aromatic rings. The Hall–Kier alpha value is -5.84. The normalized spacial score (nSPS) is 14.8. The van der Waals surface area contributed by atoms with Gasteiger partial charge in [-0.15, -0.1) is 0 Å². The third-order valence-corrected chi connectivity index (χ3v) is 18.3. The zero-order chi connectivity index (χ0) is 78.9. The molecule has 108 heavy (non-hydrogen) atoms. The number of rotatable bonds is 75. The van der Waals surface area contributed by atoms with Crippen molar-refractivity contribution in [1.82, 2.24) is 0 Å². The molecular weight excluding hydrogens is 1400 g/mol. The SMILES string of the molecule is CC/C=C\C/C=C\C/C=C\C/C=C\C/C=C\CCCCCC(=O)OCC(COP(=O)(O)OCC(O)COP(=O)(O)OCC(COC(=O)CCCCC/C=C\C/C=C\C/C=C\C/C=C\C/C=C\CC)OC(=O)CCCCCCCCCCCCCCC)OC(=O)CCC/C=C\C/C=C\C/C=C\C/C=C\C/C=C\CC. The van der Waals surface area contributed by atoms with Gasteiger partial charge in [-0.25, -0.2) is 9.13 Å². The predicted octanol–water partition coefficient (Wildman–Crippen LogP) is 24.3. The van der Waals surface area contributed by atoms with Crippen LogP contribution in [0.15, 0.2) is 182 Å². The molecule has 0 aliphatic carbocycles. The molecular formula is C89H144O17P2. The molecule has 17 nitrogen and oxygen atoms in total. The summed E-state index contributed by atoms with van der Waals surface area (Å²) in [5.41, 5.74) is 0. The first-order chi connectivity index (χ1) is 52.7. The molecule has 5 atom stereocenters. The first-order valence-electron chi connectivity index (χ1n) is 41.0. The topological polar surface area (TPSA) is 237 Å². The van der Waals surface area contributed by atoms with Crippen molar-refractivity contribution in [2.45, 2.75) is 316 Å². The summed E-state index contributed by atoms with van der Waals surface area (Å²) >= 11 is 0. The second-order valence-corrected chi connectivity index (χ2v) is 29.5. The molecule has 0 saturated heterocycles. The number of aliphatic hydroxyl groups is 1. The Kier molecular flexibility index (Phi) is 75.0. The van der Waals surface area contributed by atoms with Gasteiger partial charge < -0.3 is 33.8 Å². The van der Waals surface area contributed by atoms with Crippen LogP contribution in [0, 0.1) is 0 Å². The van der Waals surface area contributed by atoms with Gasteiger partial charge in [0.25, 0.3) is 0 Å². The van der Waals surface area contributed by atoms with Crippen molar-refractivity contribution in [2.24, 2.45) is 0 Å². The second-order valence-electron chi connectivity index (χ2n) is 26.6. The van der Waals surface area contributed by atoms with E-state index in [-0.39, 0.29) is 25.7 Å². The van der Waals surface area contributed by atoms with E-state index in [4.69, 9.17) is 37.0 Å². The first kappa shape index (κ1) is 102. The monoisotopic (exact) mass is 1550 g/mol. The van der Waals surface area contributed by atoms with Gasteiger partial charge in [0.05, 0.1) is 26.4 Å². The van der Waals surface area contributed by atoms with Crippen LogP contribution in [-0.2, 0) is 65.4 Å². The standard InChI is InChI=1S/C89H144O17P2/c1-5-9-13-17-21-25-29-33-36-39-41-44-46-50-53-57-61-65-69-73-86(91)99-79-84(105-88(93)75-71-67-63-59-55-49-32-28-24-20-16-12-8-4)81-103-107(95,96)101-77-83(90)78-102-108(97,98)104-82-85(106-89(94)76-72-68-64-60-56-52-48-43-38-35-31-27-23-19-15-11-7-3)80-100-87(92)74-70-66-62-58-54-51-47-45-42-40-37-34-30-26-22-18-14-10-6-2/h9-11,13-15,21-23,25-27,33-38,41-42,44-45,48,50-54,60,64,83-85,90H,5-8,12,16-20,24,28-32,39-40,43,46-47,49,55-59,61-63,65-82H2,1-4H3,(H,95,96)(H,97,98)/b13-9-,14-10-,15-11-,25-21-,26-22-,27-23-,36-33-,37-34-,38-35-,44-41-,45-42-,52-48-,53-50-,54-51-,64-60-. The molecule has 0 aliphatic rings. The Morgan fingerprint density at radius 3 is 0.778 bits per heavy atom. The van der Waals surface area contributed by atoms with E-state index < -0.39 is 97.5 Å². The number of phosphoric acid groups is 2. The average molecular weight is 1550 g/mol. The molecule has 19 heteroatoms. The lowest BCUT2D eigenvalue weighted by Gasteiger charge is -2.21. The Balaban J connectivity index is 5.48. The lowest BCUT2D eigenvalue weighted by molar-refractivity contribution is -0.161. The predicted molar refractivity (Wildman–Crippen MR) is 445 cm³/mol. The maximum Gasteiger partial charge on any atom is 0.472 e. The van der Waals surface area contributed by atoms with Crippen LogP contribution in [0.25, 0.3) is 0 Å². The van der Waals surface area contributed by atoms with E-state index in [9.17, 15) is 43.2 Å². The van der Waals surface area contributed by atoms with Crippen LogP contribution in [0.5, 0.6) is 0 Å². The number of ether oxygens (including phenoxy) is 4. The minimum atomic E-state index is -5.01. The molecule has 0 radical (unpaired) electrons. The number of unbranched alkanes of at least 4 members (excludes halogenated alkanes) is 19. The maximum absolute atomic E-state index is 13.1. The van der Waals surface area contributed by atoms with Gasteiger partial charge >= 0.3 is 39.5 Å². The van der Waals surface area contributed by atoms with Crippen molar-refractivity contribution in [1.29, 1.82) is 0 Å². The number of hydrogen-bond donors (Lipinski definition) is 3. The molecule has 0 aliphatic heterocycles. The molecule has 612 valence electrons. The van der Waals surface area contributed by atoms with Crippen molar-refractivity contribution in [3.05, 3.63) is 182 Å². The highest BCUT2D eigenvalue weighted by atomic mass is 31.2. The number of hydrogen-bond acceptors (Lipinski definition) is 15. The Morgan fingerprint density at radius 2 is 0.491 bits per heavy atom. The molecule has 0 rings (SSSR count). The van der Waals surface area contributed by atoms with E-state index in [1.165, 1.54) is 51.4 Å². The minimum Gasteiger partial charge on any atom is -0.462 e. The minimum absolute atomic E-state index is 0.00164. The molecule has 0 saturated carbocycles. The zero-order valence-corrected chi connectivity index (χ0v) is 68.7. The Labute approximate surface area is 654 Å². The van der Waals surface area contributed by atoms with Gasteiger partial charge in [0, 0.05) is 25.7 Å². The van der Waals surface area contributed by atoms with Gasteiger partial charge in [0.1, 0.15) is 19.3 Å². The van der Waals surface area contributed by atoms with Crippen molar-refractivity contribution in [2.75, 3.05) is 39.6 Å². The van der Waals surface area contributed by atoms with Crippen molar-refractivity contribution >= 4 is 39.5 Å². The summed E-state index contributed by atoms with van der Waals surface area (Å²) in [6.07, 6.45) is 95.9. The van der Waals surface area contributed by atoms with E-state index in [0.717, 1.165) is 161 Å². The largest absolute Gasteiger partial charge is 0.472 e. The molecule has 0 bridgehead atoms. The van der Waals surface area contributed by atoms with Gasteiger partial charge in [-0.3, -0.25) is 37.3 Å². The summed E-state index contributed by atoms with van der Waals surface area (Å²) in [6, 6.07) is 0. The van der Waals surface area contributed by atoms with Crippen LogP contribution in [0.4, 0.5) is 0 Å². The molecule has 0 amide bonds. The van der Waals surface area contributed by atoms with Gasteiger partial charge in [0.2, 0.25) is 0 Å². The van der Waals surface area contributed by atoms with Crippen LogP contribution in [0.3, 0.4) is 0 Å². The quantitative estimate of drug-likeness (QED) is 0.0169. The Morgan fingerprint density at radius 1 is 0.269 bits per heavy atom. The summed E-state index contributed by atoms with van der Waals surface area (Å²) in [7, 11) is -10.0.